The van der Waals surface area contributed by atoms with E-state index in [0.29, 0.717) is 0 Å². The average Bonchev–Trinajstić information content (AvgIpc) is 2.34. The van der Waals surface area contributed by atoms with E-state index in [-0.39, 0.29) is 5.41 Å². The van der Waals surface area contributed by atoms with Gasteiger partial charge < -0.3 is 10.1 Å². The molecule has 0 aliphatic carbocycles. The van der Waals surface area contributed by atoms with E-state index in [2.05, 4.69) is 54.2 Å². The molecule has 0 saturated carbocycles. The number of methoxy groups -OCH3 is 1. The lowest BCUT2D eigenvalue weighted by Crippen LogP contribution is -2.25. The molecule has 0 fully saturated rings. The van der Waals surface area contributed by atoms with Gasteiger partial charge in [-0.1, -0.05) is 26.8 Å². The van der Waals surface area contributed by atoms with Gasteiger partial charge in [-0.15, -0.1) is 0 Å². The monoisotopic (exact) mass is 313 g/mol. The SMILES string of the molecule is CCCNCCC(C)(C)c1ccc(OC)c(Br)c1. The van der Waals surface area contributed by atoms with Crippen molar-refractivity contribution in [3.05, 3.63) is 28.2 Å². The smallest absolute Gasteiger partial charge is 0.133 e. The fourth-order valence-corrected chi connectivity index (χ4v) is 2.48. The van der Waals surface area contributed by atoms with E-state index in [9.17, 15) is 0 Å². The van der Waals surface area contributed by atoms with Crippen LogP contribution >= 0.6 is 15.9 Å². The maximum atomic E-state index is 5.27. The lowest BCUT2D eigenvalue weighted by atomic mass is 9.81. The summed E-state index contributed by atoms with van der Waals surface area (Å²) < 4.78 is 6.29. The molecule has 1 N–H and O–H groups in total. The maximum Gasteiger partial charge on any atom is 0.133 e. The molecule has 1 rings (SSSR count). The topological polar surface area (TPSA) is 21.3 Å². The molecule has 0 bridgehead atoms. The first-order valence-corrected chi connectivity index (χ1v) is 7.35. The molecular formula is C15H24BrNO. The van der Waals surface area contributed by atoms with Crippen molar-refractivity contribution in [1.82, 2.24) is 5.32 Å². The molecule has 18 heavy (non-hydrogen) atoms. The van der Waals surface area contributed by atoms with Crippen molar-refractivity contribution < 1.29 is 4.74 Å². The van der Waals surface area contributed by atoms with E-state index >= 15 is 0 Å². The fourth-order valence-electron chi connectivity index (χ4n) is 1.93. The Balaban J connectivity index is 2.69. The predicted molar refractivity (Wildman–Crippen MR) is 81.5 cm³/mol. The van der Waals surface area contributed by atoms with Crippen LogP contribution in [0.2, 0.25) is 0 Å². The molecule has 0 atom stereocenters. The number of rotatable bonds is 7. The summed E-state index contributed by atoms with van der Waals surface area (Å²) in [5.41, 5.74) is 1.52. The Morgan fingerprint density at radius 1 is 1.28 bits per heavy atom. The number of nitrogens with one attached hydrogen (secondary N) is 1. The number of hydrogen-bond acceptors (Lipinski definition) is 2. The van der Waals surface area contributed by atoms with Gasteiger partial charge in [-0.25, -0.2) is 0 Å². The summed E-state index contributed by atoms with van der Waals surface area (Å²) in [6.07, 6.45) is 2.32. The number of hydrogen-bond donors (Lipinski definition) is 1. The van der Waals surface area contributed by atoms with E-state index in [0.717, 1.165) is 29.7 Å². The zero-order valence-corrected chi connectivity index (χ0v) is 13.4. The molecule has 0 unspecified atom stereocenters. The highest BCUT2D eigenvalue weighted by Gasteiger charge is 2.20. The van der Waals surface area contributed by atoms with Gasteiger partial charge in [0.1, 0.15) is 5.75 Å². The van der Waals surface area contributed by atoms with Crippen LogP contribution in [0.15, 0.2) is 22.7 Å². The molecular weight excluding hydrogens is 290 g/mol. The summed E-state index contributed by atoms with van der Waals surface area (Å²) in [5, 5.41) is 3.46. The molecule has 0 heterocycles. The van der Waals surface area contributed by atoms with E-state index in [1.165, 1.54) is 12.0 Å². The lowest BCUT2D eigenvalue weighted by Gasteiger charge is -2.26. The van der Waals surface area contributed by atoms with Crippen molar-refractivity contribution in [3.8, 4) is 5.75 Å². The number of ether oxygens (including phenoxy) is 1. The molecule has 2 nitrogen and oxygen atoms in total. The standard InChI is InChI=1S/C15H24BrNO/c1-5-9-17-10-8-15(2,3)12-6-7-14(18-4)13(16)11-12/h6-7,11,17H,5,8-10H2,1-4H3. The Morgan fingerprint density at radius 3 is 2.56 bits per heavy atom. The summed E-state index contributed by atoms with van der Waals surface area (Å²) in [7, 11) is 1.69. The largest absolute Gasteiger partial charge is 0.496 e. The minimum absolute atomic E-state index is 0.176. The third-order valence-electron chi connectivity index (χ3n) is 3.29. The van der Waals surface area contributed by atoms with E-state index in [1.54, 1.807) is 7.11 Å². The summed E-state index contributed by atoms with van der Waals surface area (Å²) in [5.74, 6) is 0.888. The van der Waals surface area contributed by atoms with Crippen molar-refractivity contribution in [2.45, 2.75) is 39.0 Å². The Kier molecular flexibility index (Phi) is 6.16. The third-order valence-corrected chi connectivity index (χ3v) is 3.91. The predicted octanol–water partition coefficient (Wildman–Crippen LogP) is 4.13. The van der Waals surface area contributed by atoms with Gasteiger partial charge in [0.15, 0.2) is 0 Å². The zero-order valence-electron chi connectivity index (χ0n) is 11.8. The van der Waals surface area contributed by atoms with Crippen molar-refractivity contribution in [1.29, 1.82) is 0 Å². The Hall–Kier alpha value is -0.540. The second-order valence-corrected chi connectivity index (χ2v) is 6.09. The second kappa shape index (κ2) is 7.15. The van der Waals surface area contributed by atoms with Crippen LogP contribution in [0.1, 0.15) is 39.2 Å². The molecule has 0 amide bonds. The van der Waals surface area contributed by atoms with Crippen molar-refractivity contribution >= 4 is 15.9 Å². The van der Waals surface area contributed by atoms with Crippen LogP contribution in [0.5, 0.6) is 5.75 Å². The van der Waals surface area contributed by atoms with Crippen LogP contribution in [0, 0.1) is 0 Å². The normalized spacial score (nSPS) is 11.6. The molecule has 0 aliphatic heterocycles. The Labute approximate surface area is 119 Å². The summed E-state index contributed by atoms with van der Waals surface area (Å²) in [4.78, 5) is 0. The molecule has 0 radical (unpaired) electrons. The highest BCUT2D eigenvalue weighted by Crippen LogP contribution is 2.33. The van der Waals surface area contributed by atoms with Gasteiger partial charge in [0.2, 0.25) is 0 Å². The van der Waals surface area contributed by atoms with E-state index < -0.39 is 0 Å². The first-order chi connectivity index (χ1) is 8.51. The van der Waals surface area contributed by atoms with Crippen LogP contribution in [0.4, 0.5) is 0 Å². The van der Waals surface area contributed by atoms with Gasteiger partial charge in [-0.2, -0.15) is 0 Å². The Bertz CT molecular complexity index is 377. The summed E-state index contributed by atoms with van der Waals surface area (Å²) in [6.45, 7) is 8.93. The van der Waals surface area contributed by atoms with Crippen LogP contribution in [-0.4, -0.2) is 20.2 Å². The molecule has 0 aromatic heterocycles. The fraction of sp³-hybridized carbons (Fsp3) is 0.600. The number of benzene rings is 1. The molecule has 0 spiro atoms. The first-order valence-electron chi connectivity index (χ1n) is 6.56. The van der Waals surface area contributed by atoms with Crippen LogP contribution in [0.25, 0.3) is 0 Å². The van der Waals surface area contributed by atoms with Gasteiger partial charge >= 0.3 is 0 Å². The average molecular weight is 314 g/mol. The quantitative estimate of drug-likeness (QED) is 0.764. The summed E-state index contributed by atoms with van der Waals surface area (Å²) in [6, 6.07) is 6.35. The molecule has 0 saturated heterocycles. The first kappa shape index (κ1) is 15.5. The van der Waals surface area contributed by atoms with E-state index in [1.807, 2.05) is 6.07 Å². The molecule has 102 valence electrons. The summed E-state index contributed by atoms with van der Waals surface area (Å²) >= 11 is 3.55. The minimum Gasteiger partial charge on any atom is -0.496 e. The molecule has 3 heteroatoms. The van der Waals surface area contributed by atoms with Gasteiger partial charge in [0, 0.05) is 0 Å². The van der Waals surface area contributed by atoms with Gasteiger partial charge in [-0.05, 0) is 65.0 Å². The molecule has 0 aliphatic rings. The highest BCUT2D eigenvalue weighted by molar-refractivity contribution is 9.10. The van der Waals surface area contributed by atoms with Crippen LogP contribution in [0.3, 0.4) is 0 Å². The van der Waals surface area contributed by atoms with Crippen LogP contribution < -0.4 is 10.1 Å². The zero-order chi connectivity index (χ0) is 13.6. The second-order valence-electron chi connectivity index (χ2n) is 5.23. The van der Waals surface area contributed by atoms with Gasteiger partial charge in [-0.3, -0.25) is 0 Å². The maximum absolute atomic E-state index is 5.27. The molecule has 1 aromatic rings. The third kappa shape index (κ3) is 4.29. The number of halogens is 1. The minimum atomic E-state index is 0.176. The lowest BCUT2D eigenvalue weighted by molar-refractivity contribution is 0.410. The van der Waals surface area contributed by atoms with Crippen LogP contribution in [-0.2, 0) is 5.41 Å². The van der Waals surface area contributed by atoms with Crippen molar-refractivity contribution in [2.75, 3.05) is 20.2 Å². The Morgan fingerprint density at radius 2 is 2.00 bits per heavy atom. The molecule has 1 aromatic carbocycles. The van der Waals surface area contributed by atoms with Crippen molar-refractivity contribution in [2.24, 2.45) is 0 Å². The van der Waals surface area contributed by atoms with Gasteiger partial charge in [0.05, 0.1) is 11.6 Å². The van der Waals surface area contributed by atoms with Gasteiger partial charge in [0.25, 0.3) is 0 Å². The highest BCUT2D eigenvalue weighted by atomic mass is 79.9. The van der Waals surface area contributed by atoms with Crippen molar-refractivity contribution in [3.63, 3.8) is 0 Å². The van der Waals surface area contributed by atoms with E-state index in [4.69, 9.17) is 4.74 Å².